The van der Waals surface area contributed by atoms with Crippen molar-refractivity contribution in [2.24, 2.45) is 68.0 Å². The minimum Gasteiger partial charge on any atom is -0.380 e. The number of hydrogen-bond donors (Lipinski definition) is 0. The van der Waals surface area contributed by atoms with Gasteiger partial charge in [0.25, 0.3) is 0 Å². The third-order valence-electron chi connectivity index (χ3n) is 14.9. The standard InChI is InChI=1S/C32H54O/c1-21-9-15-31-17-23(21)27(3,4)25(31)11-13-29(31,7)19-33-20-30(8)14-12-26-28(5,6)24-18-32(26,30)16-10-22(24)2/h21-26H,9-20H2,1-8H3/t21-,22-,23-,24-,25+,26+,29+,30+,31+,32+/m1/s1. The molecule has 0 radical (unpaired) electrons. The highest BCUT2D eigenvalue weighted by Crippen LogP contribution is 2.78. The zero-order valence-electron chi connectivity index (χ0n) is 23.4. The van der Waals surface area contributed by atoms with Crippen LogP contribution in [0.25, 0.3) is 0 Å². The summed E-state index contributed by atoms with van der Waals surface area (Å²) < 4.78 is 6.99. The Morgan fingerprint density at radius 3 is 1.36 bits per heavy atom. The van der Waals surface area contributed by atoms with Gasteiger partial charge in [-0.1, -0.05) is 55.4 Å². The second-order valence-electron chi connectivity index (χ2n) is 16.4. The van der Waals surface area contributed by atoms with Gasteiger partial charge in [0.2, 0.25) is 0 Å². The van der Waals surface area contributed by atoms with Gasteiger partial charge in [-0.3, -0.25) is 0 Å². The Balaban J connectivity index is 1.20. The lowest BCUT2D eigenvalue weighted by Crippen LogP contribution is -2.46. The monoisotopic (exact) mass is 454 g/mol. The van der Waals surface area contributed by atoms with Crippen LogP contribution in [0.5, 0.6) is 0 Å². The van der Waals surface area contributed by atoms with Crippen LogP contribution in [-0.4, -0.2) is 13.2 Å². The molecule has 6 aliphatic rings. The van der Waals surface area contributed by atoms with Gasteiger partial charge in [-0.2, -0.15) is 0 Å². The molecule has 1 heteroatoms. The van der Waals surface area contributed by atoms with Crippen LogP contribution in [0.15, 0.2) is 0 Å². The molecule has 188 valence electrons. The van der Waals surface area contributed by atoms with Crippen LogP contribution in [0.4, 0.5) is 0 Å². The lowest BCUT2D eigenvalue weighted by Gasteiger charge is -2.50. The van der Waals surface area contributed by atoms with Crippen molar-refractivity contribution in [2.75, 3.05) is 13.2 Å². The molecule has 1 nitrogen and oxygen atoms in total. The van der Waals surface area contributed by atoms with Crippen molar-refractivity contribution in [1.82, 2.24) is 0 Å². The average molecular weight is 455 g/mol. The number of hydrogen-bond acceptors (Lipinski definition) is 1. The first-order chi connectivity index (χ1) is 15.3. The highest BCUT2D eigenvalue weighted by atomic mass is 16.5. The van der Waals surface area contributed by atoms with Gasteiger partial charge in [-0.15, -0.1) is 0 Å². The zero-order valence-corrected chi connectivity index (χ0v) is 23.4. The number of fused-ring (bicyclic) bond motifs is 2. The Hall–Kier alpha value is -0.0400. The Labute approximate surface area is 205 Å². The van der Waals surface area contributed by atoms with Crippen molar-refractivity contribution in [3.63, 3.8) is 0 Å². The summed E-state index contributed by atoms with van der Waals surface area (Å²) in [7, 11) is 0. The molecule has 0 aliphatic heterocycles. The molecule has 0 saturated heterocycles. The Morgan fingerprint density at radius 1 is 0.576 bits per heavy atom. The van der Waals surface area contributed by atoms with Gasteiger partial charge >= 0.3 is 0 Å². The molecular formula is C32H54O. The highest BCUT2D eigenvalue weighted by Gasteiger charge is 2.71. The van der Waals surface area contributed by atoms with E-state index in [4.69, 9.17) is 4.74 Å². The van der Waals surface area contributed by atoms with E-state index in [0.717, 1.165) is 48.7 Å². The zero-order chi connectivity index (χ0) is 23.7. The van der Waals surface area contributed by atoms with E-state index >= 15 is 0 Å². The molecule has 0 unspecified atom stereocenters. The first-order valence-electron chi connectivity index (χ1n) is 14.9. The summed E-state index contributed by atoms with van der Waals surface area (Å²) in [4.78, 5) is 0. The van der Waals surface area contributed by atoms with Gasteiger partial charge in [-0.05, 0) is 132 Å². The molecule has 0 amide bonds. The molecule has 2 spiro atoms. The van der Waals surface area contributed by atoms with Gasteiger partial charge in [0.15, 0.2) is 0 Å². The topological polar surface area (TPSA) is 9.23 Å². The predicted molar refractivity (Wildman–Crippen MR) is 138 cm³/mol. The first kappa shape index (κ1) is 23.4. The number of rotatable bonds is 4. The normalized spacial score (nSPS) is 57.8. The molecule has 0 N–H and O–H groups in total. The fourth-order valence-electron chi connectivity index (χ4n) is 12.9. The molecule has 6 saturated carbocycles. The molecule has 0 heterocycles. The molecule has 6 fully saturated rings. The summed E-state index contributed by atoms with van der Waals surface area (Å²) in [5, 5.41) is 0. The SMILES string of the molecule is C[C@@H]1CC[C@]23C[C@H]1C(C)(C)[C@@H]2CC[C@@]3(C)COC[C@]1(C)CC[C@H]2C(C)(C)[C@@H]3C[C@@]21CC[C@H]3C. The fraction of sp³-hybridized carbons (Fsp3) is 1.00. The predicted octanol–water partition coefficient (Wildman–Crippen LogP) is 8.76. The minimum absolute atomic E-state index is 0.397. The first-order valence-corrected chi connectivity index (χ1v) is 14.9. The van der Waals surface area contributed by atoms with Crippen molar-refractivity contribution >= 4 is 0 Å². The molecule has 33 heavy (non-hydrogen) atoms. The van der Waals surface area contributed by atoms with Gasteiger partial charge in [0, 0.05) is 0 Å². The van der Waals surface area contributed by atoms with Crippen LogP contribution < -0.4 is 0 Å². The highest BCUT2D eigenvalue weighted by molar-refractivity contribution is 5.19. The Bertz CT molecular complexity index is 745. The minimum atomic E-state index is 0.397. The third kappa shape index (κ3) is 2.65. The largest absolute Gasteiger partial charge is 0.380 e. The molecule has 10 atom stereocenters. The molecule has 0 aromatic rings. The van der Waals surface area contributed by atoms with E-state index in [-0.39, 0.29) is 0 Å². The van der Waals surface area contributed by atoms with Crippen LogP contribution >= 0.6 is 0 Å². The van der Waals surface area contributed by atoms with E-state index in [1.165, 1.54) is 64.2 Å². The van der Waals surface area contributed by atoms with E-state index in [0.29, 0.717) is 32.5 Å². The van der Waals surface area contributed by atoms with E-state index < -0.39 is 0 Å². The van der Waals surface area contributed by atoms with Gasteiger partial charge in [0.1, 0.15) is 0 Å². The Kier molecular flexibility index (Phi) is 4.84. The smallest absolute Gasteiger partial charge is 0.0525 e. The van der Waals surface area contributed by atoms with Crippen LogP contribution in [0.3, 0.4) is 0 Å². The van der Waals surface area contributed by atoms with Crippen molar-refractivity contribution in [3.05, 3.63) is 0 Å². The maximum atomic E-state index is 6.99. The van der Waals surface area contributed by atoms with Crippen molar-refractivity contribution in [3.8, 4) is 0 Å². The van der Waals surface area contributed by atoms with Gasteiger partial charge in [0.05, 0.1) is 13.2 Å². The van der Waals surface area contributed by atoms with Crippen LogP contribution in [0.2, 0.25) is 0 Å². The van der Waals surface area contributed by atoms with E-state index in [1.807, 2.05) is 0 Å². The van der Waals surface area contributed by atoms with Gasteiger partial charge < -0.3 is 4.74 Å². The molecule has 6 aliphatic carbocycles. The van der Waals surface area contributed by atoms with Crippen molar-refractivity contribution in [2.45, 2.75) is 120 Å². The third-order valence-corrected chi connectivity index (χ3v) is 14.9. The summed E-state index contributed by atoms with van der Waals surface area (Å²) in [6.45, 7) is 22.9. The molecular weight excluding hydrogens is 400 g/mol. The molecule has 6 rings (SSSR count). The van der Waals surface area contributed by atoms with E-state index in [1.54, 1.807) is 0 Å². The molecule has 4 bridgehead atoms. The lowest BCUT2D eigenvalue weighted by molar-refractivity contribution is -0.0950. The summed E-state index contributed by atoms with van der Waals surface area (Å²) in [6, 6.07) is 0. The second-order valence-corrected chi connectivity index (χ2v) is 16.4. The summed E-state index contributed by atoms with van der Waals surface area (Å²) in [5.74, 6) is 5.56. The van der Waals surface area contributed by atoms with Crippen molar-refractivity contribution < 1.29 is 4.74 Å². The lowest BCUT2D eigenvalue weighted by atomic mass is 9.58. The van der Waals surface area contributed by atoms with Gasteiger partial charge in [-0.25, -0.2) is 0 Å². The van der Waals surface area contributed by atoms with Crippen molar-refractivity contribution in [1.29, 1.82) is 0 Å². The van der Waals surface area contributed by atoms with E-state index in [2.05, 4.69) is 55.4 Å². The number of ether oxygens (including phenoxy) is 1. The maximum Gasteiger partial charge on any atom is 0.0525 e. The summed E-state index contributed by atoms with van der Waals surface area (Å²) in [6.07, 6.45) is 14.5. The quantitative estimate of drug-likeness (QED) is 0.412. The molecule has 0 aromatic carbocycles. The van der Waals surface area contributed by atoms with Crippen LogP contribution in [-0.2, 0) is 4.74 Å². The Morgan fingerprint density at radius 2 is 0.970 bits per heavy atom. The van der Waals surface area contributed by atoms with Crippen LogP contribution in [0, 0.1) is 68.0 Å². The fourth-order valence-corrected chi connectivity index (χ4v) is 12.9. The van der Waals surface area contributed by atoms with E-state index in [9.17, 15) is 0 Å². The summed E-state index contributed by atoms with van der Waals surface area (Å²) >= 11 is 0. The maximum absolute atomic E-state index is 6.99. The average Bonchev–Trinajstić information content (AvgIpc) is 3.31. The molecule has 0 aromatic heterocycles. The summed E-state index contributed by atoms with van der Waals surface area (Å²) in [5.41, 5.74) is 2.97. The van der Waals surface area contributed by atoms with Crippen LogP contribution in [0.1, 0.15) is 120 Å². The second kappa shape index (κ2) is 6.83.